The largest absolute Gasteiger partial charge is 0.491 e. The number of aliphatic hydroxyl groups is 1. The number of fused-ring (bicyclic) bond motifs is 3. The molecule has 138 valence electrons. The molecule has 0 heterocycles. The van der Waals surface area contributed by atoms with Gasteiger partial charge < -0.3 is 9.84 Å². The fourth-order valence-corrected chi connectivity index (χ4v) is 3.99. The predicted molar refractivity (Wildman–Crippen MR) is 111 cm³/mol. The van der Waals surface area contributed by atoms with Crippen molar-refractivity contribution in [3.8, 4) is 28.0 Å². The van der Waals surface area contributed by atoms with E-state index in [1.807, 2.05) is 6.07 Å². The molecule has 2 nitrogen and oxygen atoms in total. The van der Waals surface area contributed by atoms with Crippen LogP contribution in [0, 0.1) is 0 Å². The summed E-state index contributed by atoms with van der Waals surface area (Å²) in [6, 6.07) is 21.7. The lowest BCUT2D eigenvalue weighted by Crippen LogP contribution is -2.15. The molecular formula is C25H26O2. The Kier molecular flexibility index (Phi) is 4.53. The van der Waals surface area contributed by atoms with Gasteiger partial charge in [-0.15, -0.1) is 0 Å². The fourth-order valence-electron chi connectivity index (χ4n) is 3.99. The summed E-state index contributed by atoms with van der Waals surface area (Å²) >= 11 is 0. The minimum atomic E-state index is -0.0400. The molecule has 0 fully saturated rings. The third-order valence-electron chi connectivity index (χ3n) is 5.30. The highest BCUT2D eigenvalue weighted by Crippen LogP contribution is 2.43. The Bertz CT molecular complexity index is 980. The highest BCUT2D eigenvalue weighted by molar-refractivity contribution is 5.85. The minimum absolute atomic E-state index is 0.0236. The molecule has 0 aromatic heterocycles. The van der Waals surface area contributed by atoms with Crippen LogP contribution < -0.4 is 4.74 Å². The van der Waals surface area contributed by atoms with Crippen LogP contribution in [0.3, 0.4) is 0 Å². The summed E-state index contributed by atoms with van der Waals surface area (Å²) in [6.07, 6.45) is 0.981. The Morgan fingerprint density at radius 3 is 2.41 bits per heavy atom. The molecule has 0 amide bonds. The highest BCUT2D eigenvalue weighted by Gasteiger charge is 2.23. The lowest BCUT2D eigenvalue weighted by Gasteiger charge is -2.24. The maximum atomic E-state index is 9.12. The van der Waals surface area contributed by atoms with Crippen molar-refractivity contribution in [3.05, 3.63) is 77.4 Å². The van der Waals surface area contributed by atoms with Crippen molar-refractivity contribution in [2.24, 2.45) is 0 Å². The molecule has 0 saturated heterocycles. The van der Waals surface area contributed by atoms with Crippen molar-refractivity contribution >= 4 is 0 Å². The van der Waals surface area contributed by atoms with Crippen LogP contribution in [0.2, 0.25) is 0 Å². The summed E-state index contributed by atoms with van der Waals surface area (Å²) < 4.78 is 5.80. The molecule has 0 atom stereocenters. The molecule has 0 saturated carbocycles. The van der Waals surface area contributed by atoms with Crippen LogP contribution in [0.15, 0.2) is 60.7 Å². The van der Waals surface area contributed by atoms with Gasteiger partial charge in [0.25, 0.3) is 0 Å². The van der Waals surface area contributed by atoms with E-state index in [1.54, 1.807) is 0 Å². The van der Waals surface area contributed by atoms with Gasteiger partial charge in [-0.05, 0) is 57.3 Å². The topological polar surface area (TPSA) is 29.5 Å². The van der Waals surface area contributed by atoms with Gasteiger partial charge >= 0.3 is 0 Å². The van der Waals surface area contributed by atoms with E-state index in [4.69, 9.17) is 9.84 Å². The van der Waals surface area contributed by atoms with Crippen LogP contribution in [0.5, 0.6) is 5.75 Å². The van der Waals surface area contributed by atoms with Crippen LogP contribution in [0.1, 0.15) is 37.5 Å². The lowest BCUT2D eigenvalue weighted by molar-refractivity contribution is 0.199. The van der Waals surface area contributed by atoms with E-state index in [9.17, 15) is 0 Å². The predicted octanol–water partition coefficient (Wildman–Crippen LogP) is 5.59. The van der Waals surface area contributed by atoms with E-state index in [0.717, 1.165) is 12.2 Å². The maximum absolute atomic E-state index is 9.12. The fraction of sp³-hybridized carbons (Fsp3) is 0.280. The van der Waals surface area contributed by atoms with Crippen LogP contribution in [-0.2, 0) is 11.8 Å². The second kappa shape index (κ2) is 6.86. The van der Waals surface area contributed by atoms with E-state index in [2.05, 4.69) is 75.4 Å². The van der Waals surface area contributed by atoms with E-state index in [-0.39, 0.29) is 12.0 Å². The Labute approximate surface area is 161 Å². The first kappa shape index (κ1) is 17.8. The van der Waals surface area contributed by atoms with Gasteiger partial charge in [-0.25, -0.2) is 0 Å². The average molecular weight is 358 g/mol. The summed E-state index contributed by atoms with van der Waals surface area (Å²) in [5, 5.41) is 9.12. The van der Waals surface area contributed by atoms with Crippen molar-refractivity contribution in [1.29, 1.82) is 0 Å². The first-order chi connectivity index (χ1) is 13.0. The standard InChI is InChI=1S/C25H26O2/c1-25(2,3)23-16-18(11-12-24(23)27-14-13-26)20-9-6-10-21-19-8-5-4-7-17(19)15-22(20)21/h4-12,16,26H,13-15H2,1-3H3. The minimum Gasteiger partial charge on any atom is -0.491 e. The zero-order valence-corrected chi connectivity index (χ0v) is 16.3. The molecule has 0 spiro atoms. The molecule has 0 radical (unpaired) electrons. The Hall–Kier alpha value is -2.58. The SMILES string of the molecule is CC(C)(C)c1cc(-c2cccc3c2Cc2ccccc2-3)ccc1OCCO. The van der Waals surface area contributed by atoms with Crippen LogP contribution >= 0.6 is 0 Å². The maximum Gasteiger partial charge on any atom is 0.123 e. The summed E-state index contributed by atoms with van der Waals surface area (Å²) in [5.41, 5.74) is 9.16. The number of benzene rings is 3. The van der Waals surface area contributed by atoms with E-state index >= 15 is 0 Å². The third-order valence-corrected chi connectivity index (χ3v) is 5.30. The Morgan fingerprint density at radius 2 is 1.63 bits per heavy atom. The van der Waals surface area contributed by atoms with Crippen molar-refractivity contribution in [1.82, 2.24) is 0 Å². The van der Waals surface area contributed by atoms with Crippen LogP contribution in [-0.4, -0.2) is 18.3 Å². The van der Waals surface area contributed by atoms with Gasteiger partial charge in [-0.3, -0.25) is 0 Å². The summed E-state index contributed by atoms with van der Waals surface area (Å²) in [5.74, 6) is 0.858. The molecule has 4 rings (SSSR count). The lowest BCUT2D eigenvalue weighted by atomic mass is 9.84. The van der Waals surface area contributed by atoms with Gasteiger partial charge in [0.05, 0.1) is 6.61 Å². The van der Waals surface area contributed by atoms with Crippen molar-refractivity contribution in [2.75, 3.05) is 13.2 Å². The number of rotatable bonds is 4. The van der Waals surface area contributed by atoms with E-state index in [1.165, 1.54) is 38.9 Å². The van der Waals surface area contributed by atoms with Gasteiger partial charge in [0.1, 0.15) is 12.4 Å². The second-order valence-corrected chi connectivity index (χ2v) is 8.20. The van der Waals surface area contributed by atoms with Gasteiger partial charge in [-0.1, -0.05) is 69.3 Å². The zero-order valence-electron chi connectivity index (χ0n) is 16.3. The van der Waals surface area contributed by atoms with Gasteiger partial charge in [-0.2, -0.15) is 0 Å². The molecule has 0 aliphatic heterocycles. The third kappa shape index (κ3) is 3.26. The Balaban J connectivity index is 1.82. The monoisotopic (exact) mass is 358 g/mol. The second-order valence-electron chi connectivity index (χ2n) is 8.20. The first-order valence-electron chi connectivity index (χ1n) is 9.58. The summed E-state index contributed by atoms with van der Waals surface area (Å²) in [6.45, 7) is 6.93. The van der Waals surface area contributed by atoms with Gasteiger partial charge in [0, 0.05) is 5.56 Å². The van der Waals surface area contributed by atoms with E-state index in [0.29, 0.717) is 6.61 Å². The van der Waals surface area contributed by atoms with Crippen molar-refractivity contribution in [3.63, 3.8) is 0 Å². The summed E-state index contributed by atoms with van der Waals surface area (Å²) in [4.78, 5) is 0. The molecule has 27 heavy (non-hydrogen) atoms. The molecule has 1 aliphatic rings. The molecule has 3 aromatic rings. The number of hydrogen-bond donors (Lipinski definition) is 1. The zero-order chi connectivity index (χ0) is 19.0. The number of aliphatic hydroxyl groups excluding tert-OH is 1. The van der Waals surface area contributed by atoms with Gasteiger partial charge in [0.2, 0.25) is 0 Å². The molecule has 0 unspecified atom stereocenters. The normalized spacial score (nSPS) is 12.6. The number of ether oxygens (including phenoxy) is 1. The van der Waals surface area contributed by atoms with Crippen LogP contribution in [0.4, 0.5) is 0 Å². The van der Waals surface area contributed by atoms with Crippen LogP contribution in [0.25, 0.3) is 22.3 Å². The molecule has 1 aliphatic carbocycles. The smallest absolute Gasteiger partial charge is 0.123 e. The molecular weight excluding hydrogens is 332 g/mol. The Morgan fingerprint density at radius 1 is 0.889 bits per heavy atom. The van der Waals surface area contributed by atoms with Crippen molar-refractivity contribution in [2.45, 2.75) is 32.6 Å². The first-order valence-corrected chi connectivity index (χ1v) is 9.58. The quantitative estimate of drug-likeness (QED) is 0.515. The highest BCUT2D eigenvalue weighted by atomic mass is 16.5. The molecule has 2 heteroatoms. The van der Waals surface area contributed by atoms with Gasteiger partial charge in [0.15, 0.2) is 0 Å². The molecule has 3 aromatic carbocycles. The van der Waals surface area contributed by atoms with Crippen molar-refractivity contribution < 1.29 is 9.84 Å². The molecule has 1 N–H and O–H groups in total. The number of hydrogen-bond acceptors (Lipinski definition) is 2. The molecule has 0 bridgehead atoms. The summed E-state index contributed by atoms with van der Waals surface area (Å²) in [7, 11) is 0. The average Bonchev–Trinajstić information content (AvgIpc) is 3.04. The van der Waals surface area contributed by atoms with E-state index < -0.39 is 0 Å².